The summed E-state index contributed by atoms with van der Waals surface area (Å²) in [6, 6.07) is 10.5. The molecule has 3 aromatic rings. The summed E-state index contributed by atoms with van der Waals surface area (Å²) in [6.07, 6.45) is 7.35. The first-order valence-corrected chi connectivity index (χ1v) is 14.2. The highest BCUT2D eigenvalue weighted by atomic mass is 32.2. The molecule has 0 spiro atoms. The molecule has 4 heterocycles. The third-order valence-corrected chi connectivity index (χ3v) is 8.31. The molecule has 0 unspecified atom stereocenters. The molecule has 0 atom stereocenters. The van der Waals surface area contributed by atoms with E-state index in [-0.39, 0.29) is 11.2 Å². The minimum Gasteiger partial charge on any atom is -0.381 e. The minimum atomic E-state index is -0.240. The van der Waals surface area contributed by atoms with Crippen molar-refractivity contribution in [2.75, 3.05) is 43.1 Å². The van der Waals surface area contributed by atoms with Crippen LogP contribution in [0.2, 0.25) is 0 Å². The smallest absolute Gasteiger partial charge is 0.232 e. The highest BCUT2D eigenvalue weighted by Crippen LogP contribution is 2.34. The SMILES string of the molecule is CC1CCN(c2cc(Sc3ncccn3)nc(NC(=S)NCC3(c4ccc(F)cc4)CCOCC3)n2)CC1. The van der Waals surface area contributed by atoms with Gasteiger partial charge in [-0.3, -0.25) is 0 Å². The summed E-state index contributed by atoms with van der Waals surface area (Å²) in [5, 5.41) is 8.38. The number of anilines is 2. The van der Waals surface area contributed by atoms with Gasteiger partial charge in [-0.2, -0.15) is 4.98 Å². The molecule has 2 aromatic heterocycles. The average Bonchev–Trinajstić information content (AvgIpc) is 2.94. The lowest BCUT2D eigenvalue weighted by Crippen LogP contribution is -2.45. The van der Waals surface area contributed by atoms with Crippen molar-refractivity contribution in [3.05, 3.63) is 60.2 Å². The van der Waals surface area contributed by atoms with Crippen LogP contribution in [0, 0.1) is 11.7 Å². The van der Waals surface area contributed by atoms with Gasteiger partial charge in [0.25, 0.3) is 0 Å². The van der Waals surface area contributed by atoms with Crippen LogP contribution in [-0.4, -0.2) is 57.9 Å². The molecule has 200 valence electrons. The van der Waals surface area contributed by atoms with Gasteiger partial charge in [0.05, 0.1) is 0 Å². The van der Waals surface area contributed by atoms with Crippen LogP contribution in [-0.2, 0) is 10.2 Å². The predicted octanol–water partition coefficient (Wildman–Crippen LogP) is 4.83. The quantitative estimate of drug-likeness (QED) is 0.241. The standard InChI is InChI=1S/C27H32FN7OS2/c1-19-7-13-35(14-8-19)22-17-23(38-26-29-11-2-12-30-26)33-24(32-22)34-25(37)31-18-27(9-15-36-16-10-27)20-3-5-21(28)6-4-20/h2-6,11-12,17,19H,7-10,13-16,18H2,1H3,(H2,31,32,33,34,37). The van der Waals surface area contributed by atoms with Crippen molar-refractivity contribution in [2.24, 2.45) is 5.92 Å². The lowest BCUT2D eigenvalue weighted by atomic mass is 9.74. The Balaban J connectivity index is 1.32. The Morgan fingerprint density at radius 2 is 1.84 bits per heavy atom. The number of hydrogen-bond donors (Lipinski definition) is 2. The van der Waals surface area contributed by atoms with E-state index < -0.39 is 0 Å². The van der Waals surface area contributed by atoms with Crippen LogP contribution in [0.1, 0.15) is 38.2 Å². The summed E-state index contributed by atoms with van der Waals surface area (Å²) < 4.78 is 19.2. The van der Waals surface area contributed by atoms with Crippen molar-refractivity contribution in [1.29, 1.82) is 0 Å². The van der Waals surface area contributed by atoms with Crippen molar-refractivity contribution < 1.29 is 9.13 Å². The van der Waals surface area contributed by atoms with Gasteiger partial charge in [-0.25, -0.2) is 19.3 Å². The number of hydrogen-bond acceptors (Lipinski definition) is 8. The van der Waals surface area contributed by atoms with Gasteiger partial charge in [-0.1, -0.05) is 19.1 Å². The summed E-state index contributed by atoms with van der Waals surface area (Å²) in [5.41, 5.74) is 0.882. The first-order valence-electron chi connectivity index (χ1n) is 13.0. The van der Waals surface area contributed by atoms with E-state index >= 15 is 0 Å². The van der Waals surface area contributed by atoms with Gasteiger partial charge in [0.2, 0.25) is 5.95 Å². The van der Waals surface area contributed by atoms with E-state index in [0.717, 1.165) is 55.2 Å². The first-order chi connectivity index (χ1) is 18.5. The van der Waals surface area contributed by atoms with Gasteiger partial charge in [0.1, 0.15) is 16.7 Å². The zero-order chi connectivity index (χ0) is 26.4. The number of ether oxygens (including phenoxy) is 1. The molecule has 2 saturated heterocycles. The second-order valence-electron chi connectivity index (χ2n) is 9.90. The number of rotatable bonds is 7. The third kappa shape index (κ3) is 6.75. The molecule has 0 saturated carbocycles. The molecular weight excluding hydrogens is 521 g/mol. The van der Waals surface area contributed by atoms with Crippen molar-refractivity contribution in [1.82, 2.24) is 25.3 Å². The minimum absolute atomic E-state index is 0.198. The van der Waals surface area contributed by atoms with Crippen LogP contribution in [0.25, 0.3) is 0 Å². The number of thiocarbonyl (C=S) groups is 1. The summed E-state index contributed by atoms with van der Waals surface area (Å²) in [4.78, 5) is 20.5. The normalized spacial score (nSPS) is 17.7. The Morgan fingerprint density at radius 3 is 2.55 bits per heavy atom. The second kappa shape index (κ2) is 12.3. The molecular formula is C27H32FN7OS2. The fourth-order valence-electron chi connectivity index (χ4n) is 4.88. The van der Waals surface area contributed by atoms with Crippen LogP contribution in [0.5, 0.6) is 0 Å². The predicted molar refractivity (Wildman–Crippen MR) is 151 cm³/mol. The van der Waals surface area contributed by atoms with Crippen LogP contribution in [0.15, 0.2) is 59.0 Å². The molecule has 8 nitrogen and oxygen atoms in total. The molecule has 5 rings (SSSR count). The molecule has 1 aromatic carbocycles. The van der Waals surface area contributed by atoms with Crippen LogP contribution in [0.3, 0.4) is 0 Å². The number of benzene rings is 1. The summed E-state index contributed by atoms with van der Waals surface area (Å²) >= 11 is 7.07. The number of nitrogens with zero attached hydrogens (tertiary/aromatic N) is 5. The van der Waals surface area contributed by atoms with Gasteiger partial charge in [0, 0.05) is 56.7 Å². The Labute approximate surface area is 232 Å². The summed E-state index contributed by atoms with van der Waals surface area (Å²) in [7, 11) is 0. The van der Waals surface area contributed by atoms with Gasteiger partial charge in [-0.05, 0) is 79.3 Å². The van der Waals surface area contributed by atoms with E-state index in [1.807, 2.05) is 18.2 Å². The maximum atomic E-state index is 13.6. The Morgan fingerprint density at radius 1 is 1.13 bits per heavy atom. The van der Waals surface area contributed by atoms with Crippen LogP contribution >= 0.6 is 24.0 Å². The van der Waals surface area contributed by atoms with Crippen molar-refractivity contribution in [3.63, 3.8) is 0 Å². The molecule has 11 heteroatoms. The molecule has 0 bridgehead atoms. The monoisotopic (exact) mass is 553 g/mol. The molecule has 0 amide bonds. The Kier molecular flexibility index (Phi) is 8.65. The third-order valence-electron chi connectivity index (χ3n) is 7.25. The lowest BCUT2D eigenvalue weighted by molar-refractivity contribution is 0.0515. The Hall–Kier alpha value is -2.89. The van der Waals surface area contributed by atoms with E-state index in [1.165, 1.54) is 23.9 Å². The van der Waals surface area contributed by atoms with Gasteiger partial charge in [0.15, 0.2) is 10.3 Å². The highest BCUT2D eigenvalue weighted by Gasteiger charge is 2.34. The van der Waals surface area contributed by atoms with E-state index in [9.17, 15) is 4.39 Å². The summed E-state index contributed by atoms with van der Waals surface area (Å²) in [5.74, 6) is 1.77. The molecule has 2 N–H and O–H groups in total. The zero-order valence-electron chi connectivity index (χ0n) is 21.4. The van der Waals surface area contributed by atoms with Gasteiger partial charge in [-0.15, -0.1) is 0 Å². The topological polar surface area (TPSA) is 88.1 Å². The van der Waals surface area contributed by atoms with E-state index in [1.54, 1.807) is 18.5 Å². The van der Waals surface area contributed by atoms with Crippen molar-refractivity contribution in [2.45, 2.75) is 48.2 Å². The fourth-order valence-corrected chi connectivity index (χ4v) is 5.75. The van der Waals surface area contributed by atoms with Crippen LogP contribution in [0.4, 0.5) is 16.2 Å². The average molecular weight is 554 g/mol. The largest absolute Gasteiger partial charge is 0.381 e. The highest BCUT2D eigenvalue weighted by molar-refractivity contribution is 7.99. The number of nitrogens with one attached hydrogen (secondary N) is 2. The lowest BCUT2D eigenvalue weighted by Gasteiger charge is -2.38. The maximum absolute atomic E-state index is 13.6. The first kappa shape index (κ1) is 26.7. The van der Waals surface area contributed by atoms with Gasteiger partial charge >= 0.3 is 0 Å². The maximum Gasteiger partial charge on any atom is 0.232 e. The van der Waals surface area contributed by atoms with E-state index in [4.69, 9.17) is 26.9 Å². The molecule has 2 aliphatic rings. The van der Waals surface area contributed by atoms with Gasteiger partial charge < -0.3 is 20.3 Å². The van der Waals surface area contributed by atoms with E-state index in [0.29, 0.717) is 41.9 Å². The number of halogens is 1. The Bertz CT molecular complexity index is 1220. The molecule has 2 fully saturated rings. The van der Waals surface area contributed by atoms with Crippen molar-refractivity contribution >= 4 is 40.9 Å². The fraction of sp³-hybridized carbons (Fsp3) is 0.444. The number of piperidine rings is 1. The zero-order valence-corrected chi connectivity index (χ0v) is 23.0. The molecule has 2 aliphatic heterocycles. The second-order valence-corrected chi connectivity index (χ2v) is 11.3. The van der Waals surface area contributed by atoms with E-state index in [2.05, 4.69) is 32.4 Å². The van der Waals surface area contributed by atoms with Crippen LogP contribution < -0.4 is 15.5 Å². The molecule has 0 radical (unpaired) electrons. The molecule has 0 aliphatic carbocycles. The summed E-state index contributed by atoms with van der Waals surface area (Å²) in [6.45, 7) is 6.10. The van der Waals surface area contributed by atoms with Crippen molar-refractivity contribution in [3.8, 4) is 0 Å². The molecule has 38 heavy (non-hydrogen) atoms. The number of aromatic nitrogens is 4.